The number of hydrogen-bond acceptors (Lipinski definition) is 5. The van der Waals surface area contributed by atoms with E-state index in [0.29, 0.717) is 30.0 Å². The van der Waals surface area contributed by atoms with Gasteiger partial charge in [0.2, 0.25) is 5.91 Å². The number of piperidine rings is 1. The first-order chi connectivity index (χ1) is 16.2. The standard InChI is InChI=1S/C24H26FN5O4/c1-14-11-16(25)7-8-18(14)27-19(31)13-30-23(33)20-17(22(32)29-9-5-4-6-10-29)12-15(2)26-21(20)28(3)24(30)34/h7-8,11-12H,4-6,9-10,13H2,1-3H3,(H,27,31). The summed E-state index contributed by atoms with van der Waals surface area (Å²) >= 11 is 0. The molecule has 2 amide bonds. The lowest BCUT2D eigenvalue weighted by Crippen LogP contribution is -2.43. The Morgan fingerprint density at radius 1 is 1.09 bits per heavy atom. The lowest BCUT2D eigenvalue weighted by molar-refractivity contribution is -0.116. The van der Waals surface area contributed by atoms with Crippen molar-refractivity contribution in [2.75, 3.05) is 18.4 Å². The number of amides is 2. The van der Waals surface area contributed by atoms with Gasteiger partial charge in [0, 0.05) is 31.5 Å². The number of aromatic nitrogens is 3. The van der Waals surface area contributed by atoms with Crippen molar-refractivity contribution in [3.8, 4) is 0 Å². The molecule has 0 radical (unpaired) electrons. The predicted molar refractivity (Wildman–Crippen MR) is 126 cm³/mol. The average molecular weight is 468 g/mol. The third-order valence-electron chi connectivity index (χ3n) is 6.06. The number of carbonyl (C=O) groups is 2. The summed E-state index contributed by atoms with van der Waals surface area (Å²) in [4.78, 5) is 58.4. The van der Waals surface area contributed by atoms with E-state index in [2.05, 4.69) is 10.3 Å². The van der Waals surface area contributed by atoms with Crippen molar-refractivity contribution in [2.45, 2.75) is 39.7 Å². The number of carbonyl (C=O) groups excluding carboxylic acids is 2. The fourth-order valence-electron chi connectivity index (χ4n) is 4.28. The van der Waals surface area contributed by atoms with Gasteiger partial charge in [-0.2, -0.15) is 0 Å². The van der Waals surface area contributed by atoms with Crippen LogP contribution in [0.25, 0.3) is 11.0 Å². The maximum absolute atomic E-state index is 13.4. The molecule has 0 spiro atoms. The third kappa shape index (κ3) is 4.35. The largest absolute Gasteiger partial charge is 0.339 e. The van der Waals surface area contributed by atoms with Crippen LogP contribution in [0.2, 0.25) is 0 Å². The number of halogens is 1. The first-order valence-corrected chi connectivity index (χ1v) is 11.1. The average Bonchev–Trinajstić information content (AvgIpc) is 2.81. The second-order valence-corrected chi connectivity index (χ2v) is 8.60. The highest BCUT2D eigenvalue weighted by molar-refractivity contribution is 6.05. The van der Waals surface area contributed by atoms with Gasteiger partial charge in [-0.3, -0.25) is 23.5 Å². The van der Waals surface area contributed by atoms with Gasteiger partial charge in [0.25, 0.3) is 11.5 Å². The van der Waals surface area contributed by atoms with Crippen molar-refractivity contribution in [1.82, 2.24) is 19.0 Å². The molecule has 3 heterocycles. The Balaban J connectivity index is 1.78. The van der Waals surface area contributed by atoms with Crippen LogP contribution < -0.4 is 16.6 Å². The van der Waals surface area contributed by atoms with E-state index in [1.165, 1.54) is 29.8 Å². The zero-order valence-electron chi connectivity index (χ0n) is 19.4. The Bertz CT molecular complexity index is 1420. The molecule has 4 rings (SSSR count). The number of aryl methyl sites for hydroxylation is 3. The van der Waals surface area contributed by atoms with Gasteiger partial charge >= 0.3 is 5.69 Å². The summed E-state index contributed by atoms with van der Waals surface area (Å²) in [7, 11) is 1.45. The van der Waals surface area contributed by atoms with E-state index in [-0.39, 0.29) is 22.5 Å². The number of likely N-dealkylation sites (tertiary alicyclic amines) is 1. The number of fused-ring (bicyclic) bond motifs is 1. The summed E-state index contributed by atoms with van der Waals surface area (Å²) in [5, 5.41) is 2.61. The van der Waals surface area contributed by atoms with Crippen LogP contribution in [0.4, 0.5) is 10.1 Å². The zero-order valence-corrected chi connectivity index (χ0v) is 19.4. The summed E-state index contributed by atoms with van der Waals surface area (Å²) in [5.74, 6) is -1.36. The molecule has 3 aromatic rings. The van der Waals surface area contributed by atoms with Crippen molar-refractivity contribution in [2.24, 2.45) is 7.05 Å². The van der Waals surface area contributed by atoms with E-state index in [1.54, 1.807) is 24.8 Å². The molecule has 1 aromatic carbocycles. The van der Waals surface area contributed by atoms with Gasteiger partial charge in [-0.15, -0.1) is 0 Å². The molecule has 9 nitrogen and oxygen atoms in total. The lowest BCUT2D eigenvalue weighted by atomic mass is 10.1. The molecule has 1 aliphatic rings. The van der Waals surface area contributed by atoms with E-state index < -0.39 is 29.5 Å². The molecular formula is C24H26FN5O4. The fraction of sp³-hybridized carbons (Fsp3) is 0.375. The van der Waals surface area contributed by atoms with Gasteiger partial charge in [0.15, 0.2) is 0 Å². The minimum atomic E-state index is -0.753. The lowest BCUT2D eigenvalue weighted by Gasteiger charge is -2.27. The highest BCUT2D eigenvalue weighted by Gasteiger charge is 2.25. The highest BCUT2D eigenvalue weighted by atomic mass is 19.1. The smallest absolute Gasteiger partial charge is 0.332 e. The molecule has 1 saturated heterocycles. The summed E-state index contributed by atoms with van der Waals surface area (Å²) < 4.78 is 15.3. The van der Waals surface area contributed by atoms with Crippen LogP contribution in [0.15, 0.2) is 33.9 Å². The Kier molecular flexibility index (Phi) is 6.32. The van der Waals surface area contributed by atoms with Crippen LogP contribution in [0.3, 0.4) is 0 Å². The second kappa shape index (κ2) is 9.20. The zero-order chi connectivity index (χ0) is 24.6. The molecule has 0 unspecified atom stereocenters. The Labute approximate surface area is 194 Å². The van der Waals surface area contributed by atoms with Crippen molar-refractivity contribution >= 4 is 28.5 Å². The Morgan fingerprint density at radius 3 is 2.47 bits per heavy atom. The molecular weight excluding hydrogens is 441 g/mol. The minimum absolute atomic E-state index is 0.00837. The maximum Gasteiger partial charge on any atom is 0.332 e. The van der Waals surface area contributed by atoms with Gasteiger partial charge in [-0.1, -0.05) is 0 Å². The van der Waals surface area contributed by atoms with Crippen LogP contribution in [0.5, 0.6) is 0 Å². The monoisotopic (exact) mass is 467 g/mol. The van der Waals surface area contributed by atoms with Crippen LogP contribution in [-0.2, 0) is 18.4 Å². The minimum Gasteiger partial charge on any atom is -0.339 e. The van der Waals surface area contributed by atoms with Crippen LogP contribution in [0, 0.1) is 19.7 Å². The number of rotatable bonds is 4. The molecule has 0 saturated carbocycles. The second-order valence-electron chi connectivity index (χ2n) is 8.60. The van der Waals surface area contributed by atoms with Gasteiger partial charge in [0.05, 0.1) is 10.9 Å². The van der Waals surface area contributed by atoms with E-state index in [1.807, 2.05) is 0 Å². The van der Waals surface area contributed by atoms with Gasteiger partial charge < -0.3 is 10.2 Å². The molecule has 1 N–H and O–H groups in total. The van der Waals surface area contributed by atoms with E-state index in [0.717, 1.165) is 23.8 Å². The van der Waals surface area contributed by atoms with E-state index in [9.17, 15) is 23.6 Å². The van der Waals surface area contributed by atoms with Gasteiger partial charge in [-0.25, -0.2) is 14.2 Å². The van der Waals surface area contributed by atoms with E-state index in [4.69, 9.17) is 0 Å². The first-order valence-electron chi connectivity index (χ1n) is 11.1. The SMILES string of the molecule is Cc1cc(C(=O)N2CCCCC2)c2c(=O)n(CC(=O)Nc3ccc(F)cc3C)c(=O)n(C)c2n1. The number of anilines is 1. The molecule has 178 valence electrons. The van der Waals surface area contributed by atoms with Crippen molar-refractivity contribution < 1.29 is 14.0 Å². The summed E-state index contributed by atoms with van der Waals surface area (Å²) in [6.07, 6.45) is 2.82. The molecule has 0 bridgehead atoms. The molecule has 34 heavy (non-hydrogen) atoms. The fourth-order valence-corrected chi connectivity index (χ4v) is 4.28. The first kappa shape index (κ1) is 23.3. The molecule has 2 aromatic heterocycles. The Morgan fingerprint density at radius 2 is 1.79 bits per heavy atom. The van der Waals surface area contributed by atoms with Gasteiger partial charge in [-0.05, 0) is 62.9 Å². The number of pyridine rings is 1. The molecule has 1 aliphatic heterocycles. The van der Waals surface area contributed by atoms with Crippen LogP contribution in [-0.4, -0.2) is 43.9 Å². The molecule has 0 atom stereocenters. The third-order valence-corrected chi connectivity index (χ3v) is 6.06. The van der Waals surface area contributed by atoms with Crippen molar-refractivity contribution in [3.05, 3.63) is 67.7 Å². The summed E-state index contributed by atoms with van der Waals surface area (Å²) in [5.41, 5.74) is 0.172. The van der Waals surface area contributed by atoms with Crippen LogP contribution >= 0.6 is 0 Å². The van der Waals surface area contributed by atoms with Gasteiger partial charge in [0.1, 0.15) is 18.0 Å². The summed E-state index contributed by atoms with van der Waals surface area (Å²) in [6, 6.07) is 5.43. The highest BCUT2D eigenvalue weighted by Crippen LogP contribution is 2.19. The molecule has 0 aliphatic carbocycles. The Hall–Kier alpha value is -3.82. The predicted octanol–water partition coefficient (Wildman–Crippen LogP) is 2.12. The molecule has 10 heteroatoms. The number of nitrogens with one attached hydrogen (secondary N) is 1. The number of benzene rings is 1. The summed E-state index contributed by atoms with van der Waals surface area (Å²) in [6.45, 7) is 3.96. The molecule has 1 fully saturated rings. The quantitative estimate of drug-likeness (QED) is 0.633. The number of hydrogen-bond donors (Lipinski definition) is 1. The normalized spacial score (nSPS) is 13.8. The van der Waals surface area contributed by atoms with Crippen molar-refractivity contribution in [1.29, 1.82) is 0 Å². The van der Waals surface area contributed by atoms with E-state index >= 15 is 0 Å². The maximum atomic E-state index is 13.4. The van der Waals surface area contributed by atoms with Crippen molar-refractivity contribution in [3.63, 3.8) is 0 Å². The van der Waals surface area contributed by atoms with Crippen LogP contribution in [0.1, 0.15) is 40.9 Å². The topological polar surface area (TPSA) is 106 Å². The number of nitrogens with zero attached hydrogens (tertiary/aromatic N) is 4.